The molecule has 2 aliphatic carbocycles. The Balaban J connectivity index is 1.70. The number of aryl methyl sites for hydroxylation is 1. The Hall–Kier alpha value is -2.17. The lowest BCUT2D eigenvalue weighted by molar-refractivity contribution is -0.145. The Labute approximate surface area is 135 Å². The second-order valence-electron chi connectivity index (χ2n) is 7.30. The third kappa shape index (κ3) is 2.26. The highest BCUT2D eigenvalue weighted by Gasteiger charge is 2.65. The molecule has 2 amide bonds. The van der Waals surface area contributed by atoms with Crippen LogP contribution in [-0.2, 0) is 9.59 Å². The average Bonchev–Trinajstić information content (AvgIpc) is 3.05. The number of carbonyl (C=O) groups is 3. The lowest BCUT2D eigenvalue weighted by Gasteiger charge is -2.32. The van der Waals surface area contributed by atoms with E-state index in [0.717, 1.165) is 12.0 Å². The fourth-order valence-corrected chi connectivity index (χ4v) is 4.11. The highest BCUT2D eigenvalue weighted by Crippen LogP contribution is 2.60. The third-order valence-electron chi connectivity index (χ3n) is 5.67. The standard InChI is InChI=1S/C18H22N2O3/c1-11-6-4-5-7-13(11)14(21)19-20-16(23)18-9-8-12(10-18)17(2,3)15(18)22/h4-7,12H,8-10H2,1-3H3,(H,19,21)(H,20,23). The molecule has 122 valence electrons. The molecule has 0 heterocycles. The molecule has 5 nitrogen and oxygen atoms in total. The summed E-state index contributed by atoms with van der Waals surface area (Å²) in [5, 5.41) is 0. The Morgan fingerprint density at radius 3 is 2.48 bits per heavy atom. The molecule has 2 saturated carbocycles. The number of hydrogen-bond donors (Lipinski definition) is 2. The maximum Gasteiger partial charge on any atom is 0.269 e. The van der Waals surface area contributed by atoms with Gasteiger partial charge < -0.3 is 0 Å². The molecule has 1 aromatic rings. The molecule has 2 bridgehead atoms. The predicted molar refractivity (Wildman–Crippen MR) is 85.3 cm³/mol. The minimum Gasteiger partial charge on any atom is -0.298 e. The molecule has 0 aliphatic heterocycles. The van der Waals surface area contributed by atoms with Crippen LogP contribution in [0.5, 0.6) is 0 Å². The molecule has 0 radical (unpaired) electrons. The Bertz CT molecular complexity index is 695. The van der Waals surface area contributed by atoms with E-state index in [1.54, 1.807) is 12.1 Å². The van der Waals surface area contributed by atoms with E-state index in [4.69, 9.17) is 0 Å². The molecule has 2 N–H and O–H groups in total. The number of Topliss-reactive ketones (excluding diaryl/α,β-unsaturated/α-hetero) is 1. The van der Waals surface area contributed by atoms with Crippen molar-refractivity contribution in [3.8, 4) is 0 Å². The van der Waals surface area contributed by atoms with Crippen molar-refractivity contribution in [3.05, 3.63) is 35.4 Å². The van der Waals surface area contributed by atoms with Gasteiger partial charge in [0.2, 0.25) is 0 Å². The Morgan fingerprint density at radius 1 is 1.17 bits per heavy atom. The molecule has 2 atom stereocenters. The lowest BCUT2D eigenvalue weighted by Crippen LogP contribution is -2.52. The van der Waals surface area contributed by atoms with Gasteiger partial charge in [0.15, 0.2) is 5.78 Å². The number of hydrogen-bond acceptors (Lipinski definition) is 3. The molecular formula is C18H22N2O3. The summed E-state index contributed by atoms with van der Waals surface area (Å²) in [5.74, 6) is -0.485. The smallest absolute Gasteiger partial charge is 0.269 e. The maximum absolute atomic E-state index is 12.6. The van der Waals surface area contributed by atoms with Gasteiger partial charge in [-0.05, 0) is 43.7 Å². The van der Waals surface area contributed by atoms with Gasteiger partial charge in [0.1, 0.15) is 5.41 Å². The summed E-state index contributed by atoms with van der Waals surface area (Å²) >= 11 is 0. The first-order chi connectivity index (χ1) is 10.8. The second kappa shape index (κ2) is 5.18. The first-order valence-corrected chi connectivity index (χ1v) is 8.00. The highest BCUT2D eigenvalue weighted by molar-refractivity contribution is 6.11. The predicted octanol–water partition coefficient (Wildman–Crippen LogP) is 2.15. The number of ketones is 1. The SMILES string of the molecule is Cc1ccccc1C(=O)NNC(=O)C12CCC(C1)C(C)(C)C2=O. The van der Waals surface area contributed by atoms with Gasteiger partial charge in [0, 0.05) is 11.0 Å². The number of hydrazine groups is 1. The van der Waals surface area contributed by atoms with Crippen LogP contribution in [0.2, 0.25) is 0 Å². The molecule has 0 spiro atoms. The molecule has 2 fully saturated rings. The van der Waals surface area contributed by atoms with Crippen LogP contribution >= 0.6 is 0 Å². The van der Waals surface area contributed by atoms with E-state index in [1.807, 2.05) is 32.9 Å². The van der Waals surface area contributed by atoms with Gasteiger partial charge in [-0.25, -0.2) is 0 Å². The zero-order chi connectivity index (χ0) is 16.8. The summed E-state index contributed by atoms with van der Waals surface area (Å²) in [5.41, 5.74) is 4.85. The Kier molecular flexibility index (Phi) is 3.54. The summed E-state index contributed by atoms with van der Waals surface area (Å²) in [6.45, 7) is 5.67. The number of carbonyl (C=O) groups excluding carboxylic acids is 3. The van der Waals surface area contributed by atoms with Crippen LogP contribution in [0.3, 0.4) is 0 Å². The summed E-state index contributed by atoms with van der Waals surface area (Å²) in [6.07, 6.45) is 2.05. The molecular weight excluding hydrogens is 292 g/mol. The van der Waals surface area contributed by atoms with E-state index in [0.29, 0.717) is 18.4 Å². The monoisotopic (exact) mass is 314 g/mol. The van der Waals surface area contributed by atoms with E-state index in [-0.39, 0.29) is 23.5 Å². The lowest BCUT2D eigenvalue weighted by atomic mass is 9.70. The summed E-state index contributed by atoms with van der Waals surface area (Å²) < 4.78 is 0. The van der Waals surface area contributed by atoms with Gasteiger partial charge in [0.05, 0.1) is 0 Å². The number of fused-ring (bicyclic) bond motifs is 2. The van der Waals surface area contributed by atoms with Gasteiger partial charge in [0.25, 0.3) is 11.8 Å². The van der Waals surface area contributed by atoms with Gasteiger partial charge in [-0.15, -0.1) is 0 Å². The average molecular weight is 314 g/mol. The van der Waals surface area contributed by atoms with Gasteiger partial charge >= 0.3 is 0 Å². The molecule has 0 saturated heterocycles. The van der Waals surface area contributed by atoms with Crippen molar-refractivity contribution in [1.82, 2.24) is 10.9 Å². The Morgan fingerprint density at radius 2 is 1.87 bits per heavy atom. The van der Waals surface area contributed by atoms with E-state index < -0.39 is 10.8 Å². The molecule has 3 rings (SSSR count). The molecule has 1 aromatic carbocycles. The molecule has 23 heavy (non-hydrogen) atoms. The second-order valence-corrected chi connectivity index (χ2v) is 7.30. The van der Waals surface area contributed by atoms with Gasteiger partial charge in [-0.2, -0.15) is 0 Å². The van der Waals surface area contributed by atoms with Gasteiger partial charge in [-0.1, -0.05) is 32.0 Å². The fraction of sp³-hybridized carbons (Fsp3) is 0.500. The molecule has 0 aromatic heterocycles. The topological polar surface area (TPSA) is 75.3 Å². The quantitative estimate of drug-likeness (QED) is 0.649. The van der Waals surface area contributed by atoms with Crippen LogP contribution in [0.1, 0.15) is 49.0 Å². The summed E-state index contributed by atoms with van der Waals surface area (Å²) in [7, 11) is 0. The highest BCUT2D eigenvalue weighted by atomic mass is 16.2. The van der Waals surface area contributed by atoms with Crippen LogP contribution in [0.25, 0.3) is 0 Å². The van der Waals surface area contributed by atoms with Crippen LogP contribution in [-0.4, -0.2) is 17.6 Å². The largest absolute Gasteiger partial charge is 0.298 e. The van der Waals surface area contributed by atoms with Crippen LogP contribution in [0.4, 0.5) is 0 Å². The fourth-order valence-electron chi connectivity index (χ4n) is 4.11. The van der Waals surface area contributed by atoms with Crippen LogP contribution in [0.15, 0.2) is 24.3 Å². The van der Waals surface area contributed by atoms with Crippen molar-refractivity contribution in [2.75, 3.05) is 0 Å². The van der Waals surface area contributed by atoms with Crippen molar-refractivity contribution in [2.24, 2.45) is 16.7 Å². The van der Waals surface area contributed by atoms with Crippen molar-refractivity contribution in [1.29, 1.82) is 0 Å². The van der Waals surface area contributed by atoms with Crippen molar-refractivity contribution in [3.63, 3.8) is 0 Å². The first kappa shape index (κ1) is 15.7. The minimum atomic E-state index is -0.965. The van der Waals surface area contributed by atoms with E-state index >= 15 is 0 Å². The van der Waals surface area contributed by atoms with Crippen LogP contribution < -0.4 is 10.9 Å². The molecule has 2 aliphatic rings. The van der Waals surface area contributed by atoms with Crippen molar-refractivity contribution in [2.45, 2.75) is 40.0 Å². The number of benzene rings is 1. The van der Waals surface area contributed by atoms with Gasteiger partial charge in [-0.3, -0.25) is 25.2 Å². The normalized spacial score (nSPS) is 27.8. The molecule has 2 unspecified atom stereocenters. The van der Waals surface area contributed by atoms with Crippen molar-refractivity contribution < 1.29 is 14.4 Å². The van der Waals surface area contributed by atoms with Crippen molar-refractivity contribution >= 4 is 17.6 Å². The minimum absolute atomic E-state index is 0.00360. The third-order valence-corrected chi connectivity index (χ3v) is 5.67. The zero-order valence-electron chi connectivity index (χ0n) is 13.7. The number of amides is 2. The van der Waals surface area contributed by atoms with E-state index in [1.165, 1.54) is 0 Å². The van der Waals surface area contributed by atoms with E-state index in [9.17, 15) is 14.4 Å². The number of rotatable bonds is 2. The summed E-state index contributed by atoms with van der Waals surface area (Å²) in [4.78, 5) is 37.4. The first-order valence-electron chi connectivity index (χ1n) is 8.00. The maximum atomic E-state index is 12.6. The van der Waals surface area contributed by atoms with E-state index in [2.05, 4.69) is 10.9 Å². The van der Waals surface area contributed by atoms with Crippen LogP contribution in [0, 0.1) is 23.7 Å². The number of nitrogens with one attached hydrogen (secondary N) is 2. The summed E-state index contributed by atoms with van der Waals surface area (Å²) in [6, 6.07) is 7.15. The molecule has 5 heteroatoms. The zero-order valence-corrected chi connectivity index (χ0v) is 13.7.